The Morgan fingerprint density at radius 1 is 1.43 bits per heavy atom. The van der Waals surface area contributed by atoms with Gasteiger partial charge in [-0.3, -0.25) is 0 Å². The summed E-state index contributed by atoms with van der Waals surface area (Å²) in [6.07, 6.45) is 1.10. The number of rotatable bonds is 4. The van der Waals surface area contributed by atoms with Crippen molar-refractivity contribution in [1.82, 2.24) is 4.98 Å². The molecule has 0 aromatic carbocycles. The quantitative estimate of drug-likeness (QED) is 0.793. The predicted molar refractivity (Wildman–Crippen MR) is 58.5 cm³/mol. The summed E-state index contributed by atoms with van der Waals surface area (Å²) >= 11 is 0. The first-order valence-electron chi connectivity index (χ1n) is 4.97. The summed E-state index contributed by atoms with van der Waals surface area (Å²) in [7, 11) is 2.02. The van der Waals surface area contributed by atoms with E-state index in [0.29, 0.717) is 0 Å². The molecule has 0 unspecified atom stereocenters. The van der Waals surface area contributed by atoms with Crippen molar-refractivity contribution in [2.75, 3.05) is 18.5 Å². The molecule has 0 saturated heterocycles. The lowest BCUT2D eigenvalue weighted by Crippen LogP contribution is -2.19. The first kappa shape index (κ1) is 11.0. The van der Waals surface area contributed by atoms with Crippen LogP contribution in [0, 0.1) is 6.92 Å². The summed E-state index contributed by atoms with van der Waals surface area (Å²) in [6.45, 7) is 5.15. The van der Waals surface area contributed by atoms with Crippen molar-refractivity contribution < 1.29 is 5.11 Å². The molecule has 0 saturated carbocycles. The van der Waals surface area contributed by atoms with Gasteiger partial charge in [-0.2, -0.15) is 0 Å². The van der Waals surface area contributed by atoms with Gasteiger partial charge in [0, 0.05) is 19.3 Å². The minimum absolute atomic E-state index is 0.0797. The minimum atomic E-state index is 0.0797. The molecule has 0 spiro atoms. The van der Waals surface area contributed by atoms with E-state index in [9.17, 15) is 0 Å². The second-order valence-electron chi connectivity index (χ2n) is 3.55. The largest absolute Gasteiger partial charge is 0.392 e. The van der Waals surface area contributed by atoms with E-state index in [1.54, 1.807) is 0 Å². The van der Waals surface area contributed by atoms with E-state index in [2.05, 4.69) is 16.8 Å². The predicted octanol–water partition coefficient (Wildman–Crippen LogP) is 1.73. The Morgan fingerprint density at radius 2 is 2.14 bits per heavy atom. The zero-order valence-corrected chi connectivity index (χ0v) is 9.12. The Labute approximate surface area is 85.4 Å². The molecule has 0 bridgehead atoms. The SMILES string of the molecule is CCCN(C)c1cc(CO)cc(C)n1. The van der Waals surface area contributed by atoms with Crippen molar-refractivity contribution in [1.29, 1.82) is 0 Å². The third-order valence-corrected chi connectivity index (χ3v) is 2.13. The van der Waals surface area contributed by atoms with Gasteiger partial charge in [0.15, 0.2) is 0 Å². The van der Waals surface area contributed by atoms with Gasteiger partial charge in [-0.1, -0.05) is 6.92 Å². The summed E-state index contributed by atoms with van der Waals surface area (Å²) in [4.78, 5) is 6.52. The highest BCUT2D eigenvalue weighted by Gasteiger charge is 2.03. The van der Waals surface area contributed by atoms with Gasteiger partial charge in [0.25, 0.3) is 0 Å². The highest BCUT2D eigenvalue weighted by Crippen LogP contribution is 2.13. The van der Waals surface area contributed by atoms with Crippen LogP contribution in [0.2, 0.25) is 0 Å². The maximum absolute atomic E-state index is 9.05. The van der Waals surface area contributed by atoms with Gasteiger partial charge >= 0.3 is 0 Å². The molecule has 0 aliphatic carbocycles. The minimum Gasteiger partial charge on any atom is -0.392 e. The monoisotopic (exact) mass is 194 g/mol. The highest BCUT2D eigenvalue weighted by molar-refractivity contribution is 5.41. The molecule has 14 heavy (non-hydrogen) atoms. The molecular weight excluding hydrogens is 176 g/mol. The molecule has 0 fully saturated rings. The average molecular weight is 194 g/mol. The number of aliphatic hydroxyl groups excluding tert-OH is 1. The first-order valence-corrected chi connectivity index (χ1v) is 4.97. The highest BCUT2D eigenvalue weighted by atomic mass is 16.3. The number of aliphatic hydroxyl groups is 1. The standard InChI is InChI=1S/C11H18N2O/c1-4-5-13(3)11-7-10(8-14)6-9(2)12-11/h6-7,14H,4-5,8H2,1-3H3. The maximum Gasteiger partial charge on any atom is 0.128 e. The van der Waals surface area contributed by atoms with Crippen LogP contribution in [-0.4, -0.2) is 23.7 Å². The lowest BCUT2D eigenvalue weighted by molar-refractivity contribution is 0.281. The number of aryl methyl sites for hydroxylation is 1. The van der Waals surface area contributed by atoms with E-state index < -0.39 is 0 Å². The van der Waals surface area contributed by atoms with E-state index in [4.69, 9.17) is 5.11 Å². The summed E-state index contributed by atoms with van der Waals surface area (Å²) in [6, 6.07) is 3.84. The molecule has 0 aliphatic rings. The Morgan fingerprint density at radius 3 is 2.71 bits per heavy atom. The van der Waals surface area contributed by atoms with Crippen LogP contribution in [0.3, 0.4) is 0 Å². The molecule has 0 radical (unpaired) electrons. The third kappa shape index (κ3) is 2.70. The van der Waals surface area contributed by atoms with Crippen LogP contribution in [0.25, 0.3) is 0 Å². The van der Waals surface area contributed by atoms with Gasteiger partial charge in [-0.25, -0.2) is 4.98 Å². The molecule has 1 N–H and O–H groups in total. The topological polar surface area (TPSA) is 36.4 Å². The Kier molecular flexibility index (Phi) is 3.89. The third-order valence-electron chi connectivity index (χ3n) is 2.13. The van der Waals surface area contributed by atoms with E-state index in [1.165, 1.54) is 0 Å². The molecule has 3 heteroatoms. The van der Waals surface area contributed by atoms with Gasteiger partial charge in [-0.05, 0) is 31.0 Å². The van der Waals surface area contributed by atoms with Crippen molar-refractivity contribution in [3.63, 3.8) is 0 Å². The number of hydrogen-bond acceptors (Lipinski definition) is 3. The average Bonchev–Trinajstić information content (AvgIpc) is 2.17. The molecule has 1 aromatic rings. The van der Waals surface area contributed by atoms with Crippen LogP contribution in [0.15, 0.2) is 12.1 Å². The van der Waals surface area contributed by atoms with Crippen LogP contribution >= 0.6 is 0 Å². The summed E-state index contributed by atoms with van der Waals surface area (Å²) in [5.41, 5.74) is 1.88. The summed E-state index contributed by atoms with van der Waals surface area (Å²) < 4.78 is 0. The van der Waals surface area contributed by atoms with Crippen LogP contribution in [0.1, 0.15) is 24.6 Å². The van der Waals surface area contributed by atoms with Crippen molar-refractivity contribution >= 4 is 5.82 Å². The normalized spacial score (nSPS) is 10.3. The molecule has 78 valence electrons. The van der Waals surface area contributed by atoms with E-state index in [1.807, 2.05) is 26.1 Å². The van der Waals surface area contributed by atoms with Crippen molar-refractivity contribution in [3.05, 3.63) is 23.4 Å². The molecule has 0 aliphatic heterocycles. The lowest BCUT2D eigenvalue weighted by Gasteiger charge is -2.18. The van der Waals surface area contributed by atoms with Gasteiger partial charge in [0.1, 0.15) is 5.82 Å². The van der Waals surface area contributed by atoms with Crippen LogP contribution in [0.5, 0.6) is 0 Å². The smallest absolute Gasteiger partial charge is 0.128 e. The number of anilines is 1. The Hall–Kier alpha value is -1.09. The number of nitrogens with zero attached hydrogens (tertiary/aromatic N) is 2. The fourth-order valence-electron chi connectivity index (χ4n) is 1.46. The van der Waals surface area contributed by atoms with E-state index >= 15 is 0 Å². The number of aromatic nitrogens is 1. The van der Waals surface area contributed by atoms with E-state index in [0.717, 1.165) is 30.0 Å². The molecule has 1 aromatic heterocycles. The van der Waals surface area contributed by atoms with Gasteiger partial charge in [0.2, 0.25) is 0 Å². The zero-order chi connectivity index (χ0) is 10.6. The van der Waals surface area contributed by atoms with Crippen LogP contribution in [-0.2, 0) is 6.61 Å². The van der Waals surface area contributed by atoms with Crippen LogP contribution < -0.4 is 4.90 Å². The van der Waals surface area contributed by atoms with Gasteiger partial charge in [-0.15, -0.1) is 0 Å². The molecule has 0 amide bonds. The van der Waals surface area contributed by atoms with Gasteiger partial charge in [0.05, 0.1) is 6.61 Å². The van der Waals surface area contributed by atoms with Crippen LogP contribution in [0.4, 0.5) is 5.82 Å². The fraction of sp³-hybridized carbons (Fsp3) is 0.545. The first-order chi connectivity index (χ1) is 6.67. The Bertz CT molecular complexity index is 299. The number of hydrogen-bond donors (Lipinski definition) is 1. The molecular formula is C11H18N2O. The maximum atomic E-state index is 9.05. The second kappa shape index (κ2) is 4.96. The van der Waals surface area contributed by atoms with Crippen molar-refractivity contribution in [2.24, 2.45) is 0 Å². The zero-order valence-electron chi connectivity index (χ0n) is 9.12. The second-order valence-corrected chi connectivity index (χ2v) is 3.55. The summed E-state index contributed by atoms with van der Waals surface area (Å²) in [5, 5.41) is 9.05. The molecule has 1 heterocycles. The molecule has 1 rings (SSSR count). The van der Waals surface area contributed by atoms with Crippen molar-refractivity contribution in [3.8, 4) is 0 Å². The molecule has 0 atom stereocenters. The fourth-order valence-corrected chi connectivity index (χ4v) is 1.46. The molecule has 3 nitrogen and oxygen atoms in total. The number of pyridine rings is 1. The summed E-state index contributed by atoms with van der Waals surface area (Å²) in [5.74, 6) is 0.941. The van der Waals surface area contributed by atoms with Crippen molar-refractivity contribution in [2.45, 2.75) is 26.9 Å². The van der Waals surface area contributed by atoms with E-state index in [-0.39, 0.29) is 6.61 Å². The van der Waals surface area contributed by atoms with Gasteiger partial charge < -0.3 is 10.0 Å². The lowest BCUT2D eigenvalue weighted by atomic mass is 10.2. The Balaban J connectivity index is 2.90.